The molecule has 0 aliphatic heterocycles. The Morgan fingerprint density at radius 3 is 2.52 bits per heavy atom. The van der Waals surface area contributed by atoms with E-state index in [9.17, 15) is 9.90 Å². The summed E-state index contributed by atoms with van der Waals surface area (Å²) in [5.74, 6) is 5.82. The van der Waals surface area contributed by atoms with E-state index in [1.807, 2.05) is 6.92 Å². The molecule has 4 aliphatic carbocycles. The third kappa shape index (κ3) is 2.42. The normalized spacial score (nSPS) is 52.4. The van der Waals surface area contributed by atoms with E-state index >= 15 is 0 Å². The molecule has 0 amide bonds. The first kappa shape index (κ1) is 16.1. The fourth-order valence-electron chi connectivity index (χ4n) is 7.78. The monoisotopic (exact) mass is 318 g/mol. The molecule has 4 rings (SSSR count). The van der Waals surface area contributed by atoms with Crippen molar-refractivity contribution in [3.63, 3.8) is 0 Å². The summed E-state index contributed by atoms with van der Waals surface area (Å²) >= 11 is 0. The molecule has 2 heteroatoms. The van der Waals surface area contributed by atoms with Gasteiger partial charge in [-0.15, -0.1) is 0 Å². The van der Waals surface area contributed by atoms with Crippen LogP contribution in [0.3, 0.4) is 0 Å². The number of Topliss-reactive ketones (excluding diaryl/α,β-unsaturated/α-hetero) is 1. The summed E-state index contributed by atoms with van der Waals surface area (Å²) in [4.78, 5) is 12.1. The van der Waals surface area contributed by atoms with Gasteiger partial charge in [-0.05, 0) is 106 Å². The van der Waals surface area contributed by atoms with Crippen molar-refractivity contribution in [2.24, 2.45) is 46.8 Å². The van der Waals surface area contributed by atoms with Crippen molar-refractivity contribution in [1.29, 1.82) is 0 Å². The SMILES string of the molecule is CC(=O)C1CCC2C3CCC4CC(CO)CCC4C3CCC12C. The zero-order valence-electron chi connectivity index (χ0n) is 15.0. The molecule has 8 atom stereocenters. The van der Waals surface area contributed by atoms with Gasteiger partial charge in [0.25, 0.3) is 0 Å². The highest BCUT2D eigenvalue weighted by atomic mass is 16.3. The first-order valence-corrected chi connectivity index (χ1v) is 10.2. The Balaban J connectivity index is 1.53. The Morgan fingerprint density at radius 1 is 1.00 bits per heavy atom. The second kappa shape index (κ2) is 5.86. The topological polar surface area (TPSA) is 37.3 Å². The molecular weight excluding hydrogens is 284 g/mol. The molecule has 0 bridgehead atoms. The summed E-state index contributed by atoms with van der Waals surface area (Å²) < 4.78 is 0. The smallest absolute Gasteiger partial charge is 0.133 e. The van der Waals surface area contributed by atoms with Gasteiger partial charge < -0.3 is 5.11 Å². The van der Waals surface area contributed by atoms with Crippen molar-refractivity contribution in [2.75, 3.05) is 6.61 Å². The lowest BCUT2D eigenvalue weighted by molar-refractivity contribution is -0.128. The fourth-order valence-corrected chi connectivity index (χ4v) is 7.78. The van der Waals surface area contributed by atoms with Crippen LogP contribution in [0.25, 0.3) is 0 Å². The molecule has 8 unspecified atom stereocenters. The van der Waals surface area contributed by atoms with Crippen LogP contribution in [0.5, 0.6) is 0 Å². The van der Waals surface area contributed by atoms with Gasteiger partial charge in [0, 0.05) is 12.5 Å². The summed E-state index contributed by atoms with van der Waals surface area (Å²) in [7, 11) is 0. The van der Waals surface area contributed by atoms with Crippen molar-refractivity contribution < 1.29 is 9.90 Å². The minimum absolute atomic E-state index is 0.308. The minimum atomic E-state index is 0.308. The van der Waals surface area contributed by atoms with Gasteiger partial charge in [0.2, 0.25) is 0 Å². The molecule has 2 nitrogen and oxygen atoms in total. The van der Waals surface area contributed by atoms with Crippen molar-refractivity contribution in [2.45, 2.75) is 71.6 Å². The Bertz CT molecular complexity index is 472. The molecule has 0 aromatic carbocycles. The molecule has 0 aromatic rings. The van der Waals surface area contributed by atoms with E-state index in [-0.39, 0.29) is 0 Å². The van der Waals surface area contributed by atoms with Crippen LogP contribution in [0.15, 0.2) is 0 Å². The van der Waals surface area contributed by atoms with Gasteiger partial charge in [-0.1, -0.05) is 6.92 Å². The maximum atomic E-state index is 12.1. The average molecular weight is 319 g/mol. The van der Waals surface area contributed by atoms with Crippen LogP contribution < -0.4 is 0 Å². The molecule has 0 radical (unpaired) electrons. The number of rotatable bonds is 2. The van der Waals surface area contributed by atoms with Gasteiger partial charge in [0.1, 0.15) is 5.78 Å². The lowest BCUT2D eigenvalue weighted by Gasteiger charge is -2.56. The molecule has 0 aromatic heterocycles. The molecule has 23 heavy (non-hydrogen) atoms. The standard InChI is InChI=1S/C21H34O2/c1-13(23)19-7-8-20-18-6-4-15-11-14(12-22)3-5-16(15)17(18)9-10-21(19,20)2/h14-20,22H,3-12H2,1-2H3. The van der Waals surface area contributed by atoms with Crippen molar-refractivity contribution >= 4 is 5.78 Å². The van der Waals surface area contributed by atoms with Crippen LogP contribution in [-0.4, -0.2) is 17.5 Å². The highest BCUT2D eigenvalue weighted by Gasteiger charge is 2.57. The molecule has 4 aliphatic rings. The van der Waals surface area contributed by atoms with Crippen LogP contribution in [0, 0.1) is 46.8 Å². The van der Waals surface area contributed by atoms with E-state index in [0.29, 0.717) is 29.6 Å². The number of carbonyl (C=O) groups excluding carboxylic acids is 1. The molecule has 4 saturated carbocycles. The summed E-state index contributed by atoms with van der Waals surface area (Å²) in [6.07, 6.45) is 11.8. The van der Waals surface area contributed by atoms with E-state index in [1.165, 1.54) is 51.4 Å². The van der Waals surface area contributed by atoms with Gasteiger partial charge in [-0.2, -0.15) is 0 Å². The number of ketones is 1. The Kier molecular flexibility index (Phi) is 4.11. The maximum absolute atomic E-state index is 12.1. The lowest BCUT2D eigenvalue weighted by atomic mass is 9.49. The highest BCUT2D eigenvalue weighted by Crippen LogP contribution is 2.64. The molecule has 1 N–H and O–H groups in total. The van der Waals surface area contributed by atoms with E-state index in [2.05, 4.69) is 6.92 Å². The summed E-state index contributed by atoms with van der Waals surface area (Å²) in [6.45, 7) is 4.68. The zero-order chi connectivity index (χ0) is 16.2. The van der Waals surface area contributed by atoms with E-state index in [1.54, 1.807) is 0 Å². The Hall–Kier alpha value is -0.370. The van der Waals surface area contributed by atoms with Crippen LogP contribution in [0.4, 0.5) is 0 Å². The number of hydrogen-bond acceptors (Lipinski definition) is 2. The van der Waals surface area contributed by atoms with Gasteiger partial charge in [0.05, 0.1) is 0 Å². The molecule has 130 valence electrons. The molecule has 0 spiro atoms. The number of aliphatic hydroxyl groups excluding tert-OH is 1. The van der Waals surface area contributed by atoms with E-state index < -0.39 is 0 Å². The largest absolute Gasteiger partial charge is 0.396 e. The zero-order valence-corrected chi connectivity index (χ0v) is 15.0. The molecule has 4 fully saturated rings. The van der Waals surface area contributed by atoms with Crippen LogP contribution >= 0.6 is 0 Å². The molecule has 0 saturated heterocycles. The fraction of sp³-hybridized carbons (Fsp3) is 0.952. The van der Waals surface area contributed by atoms with E-state index in [0.717, 1.165) is 36.0 Å². The summed E-state index contributed by atoms with van der Waals surface area (Å²) in [5, 5.41) is 9.52. The van der Waals surface area contributed by atoms with Crippen molar-refractivity contribution in [1.82, 2.24) is 0 Å². The second-order valence-corrected chi connectivity index (χ2v) is 9.58. The Morgan fingerprint density at radius 2 is 1.78 bits per heavy atom. The Labute approximate surface area is 141 Å². The highest BCUT2D eigenvalue weighted by molar-refractivity contribution is 5.79. The number of aliphatic hydroxyl groups is 1. The van der Waals surface area contributed by atoms with Crippen LogP contribution in [0.2, 0.25) is 0 Å². The maximum Gasteiger partial charge on any atom is 0.133 e. The molecule has 0 heterocycles. The van der Waals surface area contributed by atoms with Crippen LogP contribution in [0.1, 0.15) is 71.6 Å². The summed E-state index contributed by atoms with van der Waals surface area (Å²) in [5.41, 5.74) is 0.308. The first-order valence-electron chi connectivity index (χ1n) is 10.2. The third-order valence-electron chi connectivity index (χ3n) is 8.81. The third-order valence-corrected chi connectivity index (χ3v) is 8.81. The average Bonchev–Trinajstić information content (AvgIpc) is 2.91. The van der Waals surface area contributed by atoms with Crippen molar-refractivity contribution in [3.8, 4) is 0 Å². The van der Waals surface area contributed by atoms with Crippen LogP contribution in [-0.2, 0) is 4.79 Å². The lowest BCUT2D eigenvalue weighted by Crippen LogP contribution is -2.49. The van der Waals surface area contributed by atoms with Crippen molar-refractivity contribution in [3.05, 3.63) is 0 Å². The summed E-state index contributed by atoms with van der Waals surface area (Å²) in [6, 6.07) is 0. The van der Waals surface area contributed by atoms with Gasteiger partial charge in [-0.25, -0.2) is 0 Å². The number of hydrogen-bond donors (Lipinski definition) is 1. The van der Waals surface area contributed by atoms with E-state index in [4.69, 9.17) is 0 Å². The van der Waals surface area contributed by atoms with Gasteiger partial charge in [0.15, 0.2) is 0 Å². The quantitative estimate of drug-likeness (QED) is 0.816. The minimum Gasteiger partial charge on any atom is -0.396 e. The second-order valence-electron chi connectivity index (χ2n) is 9.58. The predicted octanol–water partition coefficient (Wildman–Crippen LogP) is 4.45. The van der Waals surface area contributed by atoms with Gasteiger partial charge >= 0.3 is 0 Å². The molecular formula is C21H34O2. The number of fused-ring (bicyclic) bond motifs is 5. The predicted molar refractivity (Wildman–Crippen MR) is 91.9 cm³/mol. The van der Waals surface area contributed by atoms with Gasteiger partial charge in [-0.3, -0.25) is 4.79 Å². The number of carbonyl (C=O) groups is 1. The first-order chi connectivity index (χ1) is 11.0.